The van der Waals surface area contributed by atoms with Crippen LogP contribution in [0.25, 0.3) is 5.82 Å². The number of ether oxygens (including phenoxy) is 2. The Bertz CT molecular complexity index is 2030. The van der Waals surface area contributed by atoms with Crippen molar-refractivity contribution in [1.29, 1.82) is 0 Å². The van der Waals surface area contributed by atoms with Crippen LogP contribution in [0.15, 0.2) is 78.9 Å². The average Bonchev–Trinajstić information content (AvgIpc) is 3.81. The van der Waals surface area contributed by atoms with E-state index in [-0.39, 0.29) is 50.1 Å². The molecule has 3 heterocycles. The number of thioether (sulfide) groups is 1. The van der Waals surface area contributed by atoms with E-state index in [0.717, 1.165) is 17.8 Å². The molecule has 0 saturated heterocycles. The first-order valence-corrected chi connectivity index (χ1v) is 16.9. The summed E-state index contributed by atoms with van der Waals surface area (Å²) in [6.07, 6.45) is 4.02. The number of likely N-dealkylation sites (N-methyl/N-ethyl adjacent to an activating group) is 1. The van der Waals surface area contributed by atoms with E-state index in [1.54, 1.807) is 58.2 Å². The third-order valence-corrected chi connectivity index (χ3v) is 9.75. The minimum absolute atomic E-state index is 0. The Morgan fingerprint density at radius 1 is 1.15 bits per heavy atom. The lowest BCUT2D eigenvalue weighted by Crippen LogP contribution is -3.00. The Morgan fingerprint density at radius 2 is 1.91 bits per heavy atom. The van der Waals surface area contributed by atoms with Gasteiger partial charge in [-0.15, -0.1) is 27.3 Å². The fraction of sp³-hybridized carbons (Fsp3) is 0.333. The molecule has 0 radical (unpaired) electrons. The Hall–Kier alpha value is -4.46. The molecule has 21 heteroatoms. The lowest BCUT2D eigenvalue weighted by atomic mass is 9.82. The van der Waals surface area contributed by atoms with Gasteiger partial charge in [0, 0.05) is 41.3 Å². The number of carbonyl (C=O) groups excluding carboxylic acids is 2. The number of carbonyl (C=O) groups is 2. The van der Waals surface area contributed by atoms with Crippen molar-refractivity contribution in [3.63, 3.8) is 0 Å². The van der Waals surface area contributed by atoms with E-state index < -0.39 is 40.3 Å². The zero-order chi connectivity index (χ0) is 37.6. The Morgan fingerprint density at radius 3 is 2.56 bits per heavy atom. The minimum Gasteiger partial charge on any atom is -1.00 e. The molecule has 3 aromatic heterocycles. The van der Waals surface area contributed by atoms with Crippen molar-refractivity contribution in [2.24, 2.45) is 0 Å². The molecule has 0 aliphatic rings. The maximum absolute atomic E-state index is 15.4. The molecule has 5 rings (SSSR count). The van der Waals surface area contributed by atoms with E-state index in [9.17, 15) is 19.1 Å². The molecule has 2 unspecified atom stereocenters. The van der Waals surface area contributed by atoms with Crippen LogP contribution in [0, 0.1) is 11.6 Å². The zero-order valence-electron chi connectivity index (χ0n) is 29.6. The number of aromatic nitrogens is 8. The molecule has 0 aliphatic heterocycles. The predicted octanol–water partition coefficient (Wildman–Crippen LogP) is 1.41. The molecule has 2 atom stereocenters. The van der Waals surface area contributed by atoms with Gasteiger partial charge in [-0.05, 0) is 51.2 Å². The highest BCUT2D eigenvalue weighted by molar-refractivity contribution is 8.00. The summed E-state index contributed by atoms with van der Waals surface area (Å²) >= 11 is 7.51. The van der Waals surface area contributed by atoms with Gasteiger partial charge in [0.25, 0.3) is 6.33 Å². The molecule has 0 fully saturated rings. The molecular formula is C33H37Cl3F2N10O5S. The first-order valence-electron chi connectivity index (χ1n) is 15.7. The number of esters is 1. The van der Waals surface area contributed by atoms with Gasteiger partial charge in [-0.25, -0.2) is 23.2 Å². The molecule has 5 aromatic rings. The second-order valence-corrected chi connectivity index (χ2v) is 14.1. The Balaban J connectivity index is 0.00000392. The van der Waals surface area contributed by atoms with E-state index in [1.165, 1.54) is 57.3 Å². The molecule has 0 aliphatic carbocycles. The minimum atomic E-state index is -2.01. The van der Waals surface area contributed by atoms with Crippen LogP contribution in [0.1, 0.15) is 38.1 Å². The SMILES string of the molecule is CNCC(=O)OCc1c(Cl)cccc1N(C)C(=O)OC(C)[n+]1cnn(CC(O)(c2ccc(F)cc2F)C(C)(C)Sc2ccc(-n3cncn3)nn2)c1.Cl.[Cl-]. The Labute approximate surface area is 330 Å². The number of rotatable bonds is 14. The summed E-state index contributed by atoms with van der Waals surface area (Å²) in [5.41, 5.74) is -1.40. The van der Waals surface area contributed by atoms with Crippen LogP contribution in [0.3, 0.4) is 0 Å². The predicted molar refractivity (Wildman–Crippen MR) is 192 cm³/mol. The second-order valence-electron chi connectivity index (χ2n) is 12.0. The highest BCUT2D eigenvalue weighted by Gasteiger charge is 2.50. The third kappa shape index (κ3) is 9.99. The molecule has 0 saturated carbocycles. The first kappa shape index (κ1) is 43.9. The molecule has 1 amide bonds. The molecular weight excluding hydrogens is 793 g/mol. The Kier molecular flexibility index (Phi) is 15.2. The quantitative estimate of drug-likeness (QED) is 0.0941. The fourth-order valence-electron chi connectivity index (χ4n) is 5.17. The van der Waals surface area contributed by atoms with E-state index in [1.807, 2.05) is 0 Å². The van der Waals surface area contributed by atoms with Gasteiger partial charge >= 0.3 is 12.1 Å². The van der Waals surface area contributed by atoms with Gasteiger partial charge in [0.2, 0.25) is 12.6 Å². The largest absolute Gasteiger partial charge is 1.00 e. The number of nitrogens with one attached hydrogen (secondary N) is 1. The molecule has 54 heavy (non-hydrogen) atoms. The number of aliphatic hydroxyl groups is 1. The summed E-state index contributed by atoms with van der Waals surface area (Å²) in [6, 6.07) is 11.2. The van der Waals surface area contributed by atoms with Crippen LogP contribution in [0.4, 0.5) is 19.3 Å². The highest BCUT2D eigenvalue weighted by atomic mass is 35.5. The fourth-order valence-corrected chi connectivity index (χ4v) is 6.47. The van der Waals surface area contributed by atoms with Gasteiger partial charge in [0.1, 0.15) is 48.1 Å². The van der Waals surface area contributed by atoms with Crippen molar-refractivity contribution < 1.29 is 49.9 Å². The van der Waals surface area contributed by atoms with E-state index in [4.69, 9.17) is 21.1 Å². The summed E-state index contributed by atoms with van der Waals surface area (Å²) in [6.45, 7) is 4.52. The van der Waals surface area contributed by atoms with Crippen LogP contribution in [-0.4, -0.2) is 77.3 Å². The van der Waals surface area contributed by atoms with Gasteiger partial charge in [-0.3, -0.25) is 9.69 Å². The first-order chi connectivity index (χ1) is 24.7. The van der Waals surface area contributed by atoms with Crippen LogP contribution < -0.4 is 27.2 Å². The molecule has 0 spiro atoms. The monoisotopic (exact) mass is 828 g/mol. The van der Waals surface area contributed by atoms with Crippen LogP contribution >= 0.6 is 35.8 Å². The number of hydrogen-bond acceptors (Lipinski definition) is 12. The van der Waals surface area contributed by atoms with Crippen molar-refractivity contribution in [1.82, 2.24) is 40.1 Å². The third-order valence-electron chi connectivity index (χ3n) is 8.12. The molecule has 2 aromatic carbocycles. The van der Waals surface area contributed by atoms with Crippen LogP contribution in [0.2, 0.25) is 5.02 Å². The maximum Gasteiger partial charge on any atom is 0.416 e. The van der Waals surface area contributed by atoms with Crippen LogP contribution in [-0.2, 0) is 33.0 Å². The summed E-state index contributed by atoms with van der Waals surface area (Å²) in [4.78, 5) is 30.3. The van der Waals surface area contributed by atoms with E-state index in [2.05, 4.69) is 30.7 Å². The zero-order valence-corrected chi connectivity index (χ0v) is 32.7. The molecule has 15 nitrogen and oxygen atoms in total. The van der Waals surface area contributed by atoms with Crippen LogP contribution in [0.5, 0.6) is 0 Å². The van der Waals surface area contributed by atoms with E-state index >= 15 is 4.39 Å². The highest BCUT2D eigenvalue weighted by Crippen LogP contribution is 2.47. The smallest absolute Gasteiger partial charge is 0.416 e. The molecule has 290 valence electrons. The van der Waals surface area contributed by atoms with Gasteiger partial charge < -0.3 is 32.3 Å². The molecule has 0 bridgehead atoms. The number of benzene rings is 2. The standard InChI is InChI=1S/C33H36ClF2N10O5S.2ClH/c1-21(51-31(48)43(5)27-8-6-7-25(34)23(27)15-50-30(47)14-37-4)44-19-40-45(20-44)16-33(49,24-10-9-22(35)13-26(24)36)32(2,3)52-29-12-11-28(41-42-29)46-18-38-17-39-46;;/h6-13,17-21,37,49H,14-16H2,1-5H3;2*1H/q+1;;/p-1. The van der Waals surface area contributed by atoms with Gasteiger partial charge in [-0.2, -0.15) is 9.67 Å². The lowest BCUT2D eigenvalue weighted by molar-refractivity contribution is -0.753. The van der Waals surface area contributed by atoms with Crippen molar-refractivity contribution >= 4 is 53.5 Å². The van der Waals surface area contributed by atoms with Gasteiger partial charge in [0.05, 0.1) is 17.0 Å². The number of nitrogens with zero attached hydrogens (tertiary/aromatic N) is 9. The normalized spacial score (nSPS) is 12.8. The summed E-state index contributed by atoms with van der Waals surface area (Å²) in [5.74, 6) is -1.84. The van der Waals surface area contributed by atoms with Gasteiger partial charge in [-0.1, -0.05) is 35.5 Å². The summed E-state index contributed by atoms with van der Waals surface area (Å²) in [5, 5.41) is 32.6. The summed E-state index contributed by atoms with van der Waals surface area (Å²) < 4.78 is 43.4. The lowest BCUT2D eigenvalue weighted by Gasteiger charge is -2.40. The number of halogens is 5. The summed E-state index contributed by atoms with van der Waals surface area (Å²) in [7, 11) is 3.09. The average molecular weight is 830 g/mol. The van der Waals surface area contributed by atoms with Crippen molar-refractivity contribution in [2.45, 2.75) is 55.5 Å². The maximum atomic E-state index is 15.4. The van der Waals surface area contributed by atoms with Crippen molar-refractivity contribution in [2.75, 3.05) is 25.5 Å². The van der Waals surface area contributed by atoms with Crippen molar-refractivity contribution in [3.05, 3.63) is 102 Å². The van der Waals surface area contributed by atoms with E-state index in [0.29, 0.717) is 33.2 Å². The number of hydrogen-bond donors (Lipinski definition) is 2. The number of amides is 1. The molecule has 2 N–H and O–H groups in total. The number of anilines is 1. The topological polar surface area (TPSA) is 166 Å². The van der Waals surface area contributed by atoms with Gasteiger partial charge in [0.15, 0.2) is 5.82 Å². The van der Waals surface area contributed by atoms with Crippen molar-refractivity contribution in [3.8, 4) is 5.82 Å². The second kappa shape index (κ2) is 18.7.